The number of hydrogen-bond acceptors (Lipinski definition) is 15. The summed E-state index contributed by atoms with van der Waals surface area (Å²) in [4.78, 5) is 47.7. The van der Waals surface area contributed by atoms with E-state index in [0.29, 0.717) is 32.0 Å². The average molecular weight is 1030 g/mol. The first-order valence-corrected chi connectivity index (χ1v) is 24.5. The molecular weight excluding hydrogens is 977 g/mol. The minimum atomic E-state index is -0.511. The third kappa shape index (κ3) is 12.8. The molecule has 72 heavy (non-hydrogen) atoms. The van der Waals surface area contributed by atoms with E-state index in [1.54, 1.807) is 0 Å². The number of aliphatic hydroxyl groups is 2. The highest BCUT2D eigenvalue weighted by Crippen LogP contribution is 2.38. The van der Waals surface area contributed by atoms with Crippen molar-refractivity contribution >= 4 is 35.5 Å². The largest absolute Gasteiger partial charge is 0.569 e. The average Bonchev–Trinajstić information content (AvgIpc) is 3.80. The van der Waals surface area contributed by atoms with E-state index in [0.717, 1.165) is 78.1 Å². The third-order valence-corrected chi connectivity index (χ3v) is 14.4. The Morgan fingerprint density at radius 1 is 0.694 bits per heavy atom. The zero-order valence-corrected chi connectivity index (χ0v) is 41.2. The fourth-order valence-corrected chi connectivity index (χ4v) is 10.2. The molecule has 1 radical (unpaired) electrons. The van der Waals surface area contributed by atoms with Crippen molar-refractivity contribution in [2.75, 3.05) is 26.4 Å². The summed E-state index contributed by atoms with van der Waals surface area (Å²) in [6.45, 7) is 0.698. The highest BCUT2D eigenvalue weighted by Gasteiger charge is 2.43. The van der Waals surface area contributed by atoms with Crippen molar-refractivity contribution in [3.05, 3.63) is 185 Å². The molecule has 1 spiro atoms. The molecule has 18 heteroatoms. The number of aromatic nitrogens is 6. The van der Waals surface area contributed by atoms with Crippen LogP contribution in [-0.4, -0.2) is 108 Å². The Labute approximate surface area is 427 Å². The van der Waals surface area contributed by atoms with Gasteiger partial charge in [0.2, 0.25) is 0 Å². The number of nitrogens with two attached hydrogens (primary N) is 1. The lowest BCUT2D eigenvalue weighted by atomic mass is 9.76. The molecular formula is C54H56BBrN9O7. The van der Waals surface area contributed by atoms with E-state index < -0.39 is 11.1 Å². The highest BCUT2D eigenvalue weighted by atomic mass is 79.9. The van der Waals surface area contributed by atoms with Crippen LogP contribution in [0.4, 0.5) is 4.79 Å². The molecule has 0 bridgehead atoms. The highest BCUT2D eigenvalue weighted by molar-refractivity contribution is 9.10. The number of alkyl carbamates (subject to hydrolysis) is 1. The number of halogens is 1. The number of carbonyl (C=O) groups excluding carboxylic acids is 2. The van der Waals surface area contributed by atoms with E-state index >= 15 is 0 Å². The summed E-state index contributed by atoms with van der Waals surface area (Å²) in [5.74, 6) is 0.448. The first kappa shape index (κ1) is 51.6. The van der Waals surface area contributed by atoms with Gasteiger partial charge in [-0.2, -0.15) is 0 Å². The minimum absolute atomic E-state index is 0.0197. The SMILES string of the molecule is NC1(CO)CCc2cccc(Br)c2C1.O=C(CNC1(CO)CCc2cccc(-c3cncnc3)c2C1)c1ccccc1.O=C1NC2(CCc3cccc(-c4cncnc4)c3C2)CO1.O[B]Oc1cncnc1. The van der Waals surface area contributed by atoms with Crippen LogP contribution in [0.15, 0.2) is 146 Å². The summed E-state index contributed by atoms with van der Waals surface area (Å²) in [5.41, 5.74) is 17.5. The first-order chi connectivity index (χ1) is 35.0. The number of aryl methyl sites for hydroxylation is 3. The Morgan fingerprint density at radius 2 is 1.25 bits per heavy atom. The zero-order valence-electron chi connectivity index (χ0n) is 39.7. The maximum Gasteiger partial charge on any atom is 0.569 e. The van der Waals surface area contributed by atoms with Gasteiger partial charge < -0.3 is 41.0 Å². The predicted octanol–water partition coefficient (Wildman–Crippen LogP) is 5.96. The van der Waals surface area contributed by atoms with Gasteiger partial charge in [-0.05, 0) is 108 Å². The van der Waals surface area contributed by atoms with Gasteiger partial charge in [-0.3, -0.25) is 4.79 Å². The number of aliphatic hydroxyl groups excluding tert-OH is 2. The molecule has 4 heterocycles. The van der Waals surface area contributed by atoms with E-state index in [1.165, 1.54) is 64.8 Å². The molecule has 1 fully saturated rings. The number of fused-ring (bicyclic) bond motifs is 3. The van der Waals surface area contributed by atoms with Crippen LogP contribution in [0.2, 0.25) is 0 Å². The number of carbonyl (C=O) groups is 2. The smallest absolute Gasteiger partial charge is 0.535 e. The van der Waals surface area contributed by atoms with Gasteiger partial charge in [0.1, 0.15) is 31.3 Å². The van der Waals surface area contributed by atoms with Crippen LogP contribution in [0.5, 0.6) is 5.75 Å². The van der Waals surface area contributed by atoms with Crippen LogP contribution in [0.3, 0.4) is 0 Å². The molecule has 1 aliphatic heterocycles. The van der Waals surface area contributed by atoms with Gasteiger partial charge in [0.05, 0.1) is 37.7 Å². The molecule has 11 rings (SSSR count). The second kappa shape index (κ2) is 24.1. The van der Waals surface area contributed by atoms with Gasteiger partial charge in [-0.25, -0.2) is 34.7 Å². The number of benzene rings is 4. The van der Waals surface area contributed by atoms with Gasteiger partial charge in [-0.1, -0.05) is 94.8 Å². The lowest BCUT2D eigenvalue weighted by Crippen LogP contribution is -2.54. The molecule has 1 saturated heterocycles. The van der Waals surface area contributed by atoms with Crippen molar-refractivity contribution in [3.63, 3.8) is 0 Å². The molecule has 369 valence electrons. The van der Waals surface area contributed by atoms with Gasteiger partial charge in [0, 0.05) is 57.0 Å². The molecule has 3 unspecified atom stereocenters. The predicted molar refractivity (Wildman–Crippen MR) is 276 cm³/mol. The molecule has 16 nitrogen and oxygen atoms in total. The van der Waals surface area contributed by atoms with Gasteiger partial charge in [0.15, 0.2) is 5.78 Å². The summed E-state index contributed by atoms with van der Waals surface area (Å²) >= 11 is 3.53. The maximum atomic E-state index is 12.5. The number of nitrogens with zero attached hydrogens (tertiary/aromatic N) is 6. The molecule has 3 aromatic heterocycles. The lowest BCUT2D eigenvalue weighted by Gasteiger charge is -2.38. The summed E-state index contributed by atoms with van der Waals surface area (Å²) in [7, 11) is 0.582. The zero-order chi connectivity index (χ0) is 50.4. The van der Waals surface area contributed by atoms with Crippen LogP contribution in [-0.2, 0) is 43.3 Å². The fraction of sp³-hybridized carbons (Fsp3) is 0.296. The molecule has 3 aliphatic carbocycles. The van der Waals surface area contributed by atoms with Crippen LogP contribution in [0.1, 0.15) is 63.0 Å². The van der Waals surface area contributed by atoms with Crippen molar-refractivity contribution in [1.82, 2.24) is 40.5 Å². The fourth-order valence-electron chi connectivity index (χ4n) is 9.63. The Kier molecular flexibility index (Phi) is 17.2. The van der Waals surface area contributed by atoms with E-state index in [-0.39, 0.29) is 37.2 Å². The van der Waals surface area contributed by atoms with E-state index in [9.17, 15) is 19.8 Å². The van der Waals surface area contributed by atoms with Crippen molar-refractivity contribution < 1.29 is 34.2 Å². The maximum absolute atomic E-state index is 12.5. The van der Waals surface area contributed by atoms with E-state index in [1.807, 2.05) is 67.3 Å². The molecule has 7 aromatic rings. The summed E-state index contributed by atoms with van der Waals surface area (Å²) in [6.07, 6.45) is 21.8. The van der Waals surface area contributed by atoms with E-state index in [4.69, 9.17) is 15.5 Å². The molecule has 4 aliphatic rings. The number of ether oxygens (including phenoxy) is 1. The third-order valence-electron chi connectivity index (χ3n) is 13.6. The van der Waals surface area contributed by atoms with Crippen LogP contribution in [0, 0.1) is 0 Å². The Hall–Kier alpha value is -6.80. The van der Waals surface area contributed by atoms with E-state index in [2.05, 4.69) is 104 Å². The Morgan fingerprint density at radius 3 is 1.82 bits per heavy atom. The van der Waals surface area contributed by atoms with Crippen molar-refractivity contribution in [3.8, 4) is 28.0 Å². The number of hydrogen-bond donors (Lipinski definition) is 6. The number of amides is 1. The molecule has 3 atom stereocenters. The minimum Gasteiger partial charge on any atom is -0.535 e. The van der Waals surface area contributed by atoms with Crippen LogP contribution < -0.4 is 21.0 Å². The normalized spacial score (nSPS) is 20.2. The topological polar surface area (TPSA) is 241 Å². The summed E-state index contributed by atoms with van der Waals surface area (Å²) in [5, 5.41) is 33.9. The molecule has 1 amide bonds. The monoisotopic (exact) mass is 1030 g/mol. The van der Waals surface area contributed by atoms with Crippen LogP contribution >= 0.6 is 15.9 Å². The summed E-state index contributed by atoms with van der Waals surface area (Å²) < 4.78 is 10.8. The van der Waals surface area contributed by atoms with Gasteiger partial charge >= 0.3 is 13.8 Å². The van der Waals surface area contributed by atoms with Gasteiger partial charge in [0.25, 0.3) is 0 Å². The second-order valence-electron chi connectivity index (χ2n) is 18.4. The molecule has 4 aromatic carbocycles. The lowest BCUT2D eigenvalue weighted by molar-refractivity contribution is 0.0942. The number of Topliss-reactive ketones (excluding diaryl/α,β-unsaturated/α-hetero) is 1. The standard InChI is InChI=1S/C23H23N3O2.C16H15N3O2.C11H14BrNO.C4H4BN2O2/c27-15-23(26-14-22(28)18-5-2-1-3-6-18)10-9-17-7-4-8-20(21(17)11-23)19-12-24-16-25-13-19;20-15-19-16(9-21-15)5-4-11-2-1-3-13(14(11)6-16)12-7-17-10-18-8-12;12-10-3-1-2-8-4-5-11(13,7-14)6-9(8)10;8-5-9-4-1-6-3-7-2-4/h1-8,12-13,16,26-27H,9-11,14-15H2;1-3,7-8,10H,4-6,9H2,(H,19,20);1-3,14H,4-7,13H2;1-3,8H. The van der Waals surface area contributed by atoms with Crippen molar-refractivity contribution in [2.45, 2.75) is 74.4 Å². The molecule has 7 N–H and O–H groups in total. The number of cyclic esters (lactones) is 1. The number of rotatable bonds is 10. The molecule has 0 saturated carbocycles. The quantitative estimate of drug-likeness (QED) is 0.0685. The van der Waals surface area contributed by atoms with Gasteiger partial charge in [-0.15, -0.1) is 0 Å². The summed E-state index contributed by atoms with van der Waals surface area (Å²) in [6, 6.07) is 28.1. The number of ketones is 1. The van der Waals surface area contributed by atoms with Crippen molar-refractivity contribution in [2.24, 2.45) is 5.73 Å². The number of nitrogens with one attached hydrogen (secondary N) is 2. The second-order valence-corrected chi connectivity index (χ2v) is 19.3. The van der Waals surface area contributed by atoms with Crippen molar-refractivity contribution in [1.29, 1.82) is 0 Å². The Bertz CT molecular complexity index is 2920. The van der Waals surface area contributed by atoms with Crippen LogP contribution in [0.25, 0.3) is 22.3 Å². The Balaban J connectivity index is 0.000000138. The first-order valence-electron chi connectivity index (χ1n) is 23.7.